The fourth-order valence-corrected chi connectivity index (χ4v) is 3.26. The van der Waals surface area contributed by atoms with E-state index in [4.69, 9.17) is 18.9 Å². The number of aliphatic hydroxyl groups is 2. The Labute approximate surface area is 165 Å². The van der Waals surface area contributed by atoms with Crippen LogP contribution in [0.2, 0.25) is 0 Å². The van der Waals surface area contributed by atoms with Crippen molar-refractivity contribution in [2.45, 2.75) is 37.9 Å². The van der Waals surface area contributed by atoms with Crippen LogP contribution in [0.25, 0.3) is 0 Å². The third-order valence-electron chi connectivity index (χ3n) is 4.90. The molecule has 4 aliphatic rings. The quantitative estimate of drug-likeness (QED) is 0.815. The third kappa shape index (κ3) is 4.69. The van der Waals surface area contributed by atoms with Gasteiger partial charge in [0.1, 0.15) is 18.0 Å². The molecule has 4 bridgehead atoms. The molecular weight excluding hydrogens is 360 g/mol. The molecule has 0 spiro atoms. The maximum atomic E-state index is 10.7. The predicted octanol–water partition coefficient (Wildman–Crippen LogP) is 3.80. The summed E-state index contributed by atoms with van der Waals surface area (Å²) in [6, 6.07) is 10.5. The van der Waals surface area contributed by atoms with Gasteiger partial charge in [0.05, 0.1) is 27.4 Å². The molecule has 4 heterocycles. The molecule has 6 nitrogen and oxygen atoms in total. The van der Waals surface area contributed by atoms with E-state index in [-0.39, 0.29) is 0 Å². The second-order valence-electron chi connectivity index (χ2n) is 6.82. The highest BCUT2D eigenvalue weighted by Crippen LogP contribution is 2.42. The molecule has 0 aromatic heterocycles. The molecule has 0 amide bonds. The Hall–Kier alpha value is -2.44. The molecule has 6 rings (SSSR count). The van der Waals surface area contributed by atoms with Gasteiger partial charge in [-0.25, -0.2) is 0 Å². The van der Waals surface area contributed by atoms with Crippen LogP contribution in [0.4, 0.5) is 0 Å². The monoisotopic (exact) mass is 388 g/mol. The lowest BCUT2D eigenvalue weighted by molar-refractivity contribution is 0.0169. The minimum atomic E-state index is -1.15. The first-order valence-corrected chi connectivity index (χ1v) is 9.61. The van der Waals surface area contributed by atoms with Crippen LogP contribution in [-0.4, -0.2) is 37.6 Å². The van der Waals surface area contributed by atoms with E-state index >= 15 is 0 Å². The van der Waals surface area contributed by atoms with E-state index in [1.54, 1.807) is 38.5 Å². The van der Waals surface area contributed by atoms with Crippen molar-refractivity contribution in [3.05, 3.63) is 47.5 Å². The second-order valence-corrected chi connectivity index (χ2v) is 6.82. The van der Waals surface area contributed by atoms with Gasteiger partial charge in [-0.2, -0.15) is 0 Å². The van der Waals surface area contributed by atoms with Crippen molar-refractivity contribution in [3.63, 3.8) is 0 Å². The van der Waals surface area contributed by atoms with Gasteiger partial charge in [0.15, 0.2) is 11.5 Å². The Morgan fingerprint density at radius 1 is 0.750 bits per heavy atom. The van der Waals surface area contributed by atoms with Gasteiger partial charge in [-0.3, -0.25) is 0 Å². The van der Waals surface area contributed by atoms with Crippen LogP contribution >= 0.6 is 0 Å². The third-order valence-corrected chi connectivity index (χ3v) is 4.90. The summed E-state index contributed by atoms with van der Waals surface area (Å²) in [5, 5.41) is 21.4. The van der Waals surface area contributed by atoms with Crippen molar-refractivity contribution in [1.29, 1.82) is 0 Å². The molecule has 2 atom stereocenters. The van der Waals surface area contributed by atoms with E-state index in [0.29, 0.717) is 41.6 Å². The number of ether oxygens (including phenoxy) is 4. The fourth-order valence-electron chi connectivity index (χ4n) is 3.26. The van der Waals surface area contributed by atoms with Crippen LogP contribution in [0.1, 0.15) is 49.0 Å². The molecule has 0 radical (unpaired) electrons. The number of rotatable bonds is 2. The molecule has 0 saturated carbocycles. The normalized spacial score (nSPS) is 20.6. The van der Waals surface area contributed by atoms with Crippen molar-refractivity contribution in [2.24, 2.45) is 0 Å². The van der Waals surface area contributed by atoms with Crippen LogP contribution in [0.3, 0.4) is 0 Å². The summed E-state index contributed by atoms with van der Waals surface area (Å²) in [7, 11) is 3.08. The topological polar surface area (TPSA) is 77.4 Å². The number of hydrogen-bond donors (Lipinski definition) is 2. The Balaban J connectivity index is 1.96. The molecule has 2 aromatic rings. The molecule has 0 unspecified atom stereocenters. The van der Waals surface area contributed by atoms with Crippen LogP contribution in [0.5, 0.6) is 23.0 Å². The zero-order valence-electron chi connectivity index (χ0n) is 16.4. The van der Waals surface area contributed by atoms with Gasteiger partial charge < -0.3 is 29.2 Å². The van der Waals surface area contributed by atoms with Crippen molar-refractivity contribution < 1.29 is 29.2 Å². The first kappa shape index (κ1) is 20.3. The highest BCUT2D eigenvalue weighted by molar-refractivity contribution is 5.54. The molecule has 2 N–H and O–H groups in total. The highest BCUT2D eigenvalue weighted by atomic mass is 16.5. The van der Waals surface area contributed by atoms with Crippen molar-refractivity contribution in [2.75, 3.05) is 27.4 Å². The first-order valence-electron chi connectivity index (χ1n) is 9.61. The van der Waals surface area contributed by atoms with Gasteiger partial charge in [0.2, 0.25) is 5.75 Å². The summed E-state index contributed by atoms with van der Waals surface area (Å²) in [6.45, 7) is 1.19. The van der Waals surface area contributed by atoms with Gasteiger partial charge in [-0.15, -0.1) is 0 Å². The minimum absolute atomic E-state index is 0.463. The minimum Gasteiger partial charge on any atom is -0.494 e. The zero-order chi connectivity index (χ0) is 19.9. The van der Waals surface area contributed by atoms with Gasteiger partial charge in [-0.1, -0.05) is 12.1 Å². The summed E-state index contributed by atoms with van der Waals surface area (Å²) >= 11 is 0. The lowest BCUT2D eigenvalue weighted by atomic mass is 9.97. The predicted molar refractivity (Wildman–Crippen MR) is 105 cm³/mol. The molecule has 152 valence electrons. The average Bonchev–Trinajstić information content (AvgIpc) is 2.74. The molecule has 6 heteroatoms. The molecule has 0 fully saturated rings. The fraction of sp³-hybridized carbons (Fsp3) is 0.455. The van der Waals surface area contributed by atoms with Crippen molar-refractivity contribution in [3.8, 4) is 23.0 Å². The summed E-state index contributed by atoms with van der Waals surface area (Å²) < 4.78 is 22.5. The van der Waals surface area contributed by atoms with E-state index in [9.17, 15) is 10.2 Å². The Morgan fingerprint density at radius 2 is 1.29 bits per heavy atom. The van der Waals surface area contributed by atoms with E-state index in [0.717, 1.165) is 31.4 Å². The Bertz CT molecular complexity index is 733. The van der Waals surface area contributed by atoms with E-state index in [2.05, 4.69) is 0 Å². The lowest BCUT2D eigenvalue weighted by Gasteiger charge is -2.22. The van der Waals surface area contributed by atoms with E-state index in [1.165, 1.54) is 0 Å². The van der Waals surface area contributed by atoms with Gasteiger partial charge in [-0.05, 0) is 61.1 Å². The summed E-state index contributed by atoms with van der Waals surface area (Å²) in [4.78, 5) is 0. The second kappa shape index (κ2) is 9.66. The molecule has 4 aliphatic heterocycles. The number of benzene rings is 2. The molecule has 0 aliphatic carbocycles. The van der Waals surface area contributed by atoms with Gasteiger partial charge in [0, 0.05) is 0 Å². The summed E-state index contributed by atoms with van der Waals surface area (Å²) in [6.07, 6.45) is 1.71. The first-order chi connectivity index (χ1) is 13.6. The van der Waals surface area contributed by atoms with Crippen molar-refractivity contribution in [1.82, 2.24) is 0 Å². The van der Waals surface area contributed by atoms with Gasteiger partial charge >= 0.3 is 0 Å². The molecule has 28 heavy (non-hydrogen) atoms. The number of methoxy groups -OCH3 is 2. The Kier molecular flexibility index (Phi) is 7.01. The average molecular weight is 388 g/mol. The molecular formula is C22H28O6. The highest BCUT2D eigenvalue weighted by Gasteiger charge is 2.24. The van der Waals surface area contributed by atoms with Crippen molar-refractivity contribution >= 4 is 0 Å². The van der Waals surface area contributed by atoms with Crippen LogP contribution in [0, 0.1) is 0 Å². The smallest absolute Gasteiger partial charge is 0.203 e. The van der Waals surface area contributed by atoms with E-state index < -0.39 is 12.2 Å². The molecule has 2 aromatic carbocycles. The Morgan fingerprint density at radius 3 is 1.86 bits per heavy atom. The lowest BCUT2D eigenvalue weighted by Crippen LogP contribution is -2.11. The number of aliphatic hydroxyl groups excluding tert-OH is 2. The van der Waals surface area contributed by atoms with Crippen LogP contribution in [0.15, 0.2) is 36.4 Å². The van der Waals surface area contributed by atoms with Crippen LogP contribution < -0.4 is 18.9 Å². The van der Waals surface area contributed by atoms with E-state index in [1.807, 2.05) is 12.1 Å². The zero-order valence-corrected chi connectivity index (χ0v) is 16.4. The van der Waals surface area contributed by atoms with Gasteiger partial charge in [0.25, 0.3) is 0 Å². The van der Waals surface area contributed by atoms with Crippen LogP contribution in [-0.2, 0) is 0 Å². The standard InChI is InChI=1S/C22H28O6/c1-25-18-13-16-14-19(26-2)22(18)28-12-6-4-3-5-11-27-17-9-7-15(8-10-17)20(23)21(16)24/h7-10,13-14,20-21,23-24H,3-6,11-12H2,1-2H3/t20-,21+/m0/s1. The SMILES string of the molecule is COc1cc2cc(OC)c1OCCCCCCOc1ccc(cc1)[C@H](O)[C@@H]2O. The maximum absolute atomic E-state index is 10.7. The number of hydrogen-bond acceptors (Lipinski definition) is 6. The maximum Gasteiger partial charge on any atom is 0.203 e. The molecule has 0 saturated heterocycles. The largest absolute Gasteiger partial charge is 0.494 e. The summed E-state index contributed by atoms with van der Waals surface area (Å²) in [5.41, 5.74) is 1.08. The summed E-state index contributed by atoms with van der Waals surface area (Å²) in [5.74, 6) is 2.18.